The Hall–Kier alpha value is -2.73. The third-order valence-electron chi connectivity index (χ3n) is 3.52. The van der Waals surface area contributed by atoms with E-state index in [-0.39, 0.29) is 5.91 Å². The SMILES string of the molecule is O=C(NCc1nnc2ccccn12)c1csc2ccccc12. The number of thiophene rings is 1. The van der Waals surface area contributed by atoms with Gasteiger partial charge in [0.2, 0.25) is 0 Å². The second-order valence-corrected chi connectivity index (χ2v) is 5.78. The van der Waals surface area contributed by atoms with Gasteiger partial charge >= 0.3 is 0 Å². The molecule has 0 radical (unpaired) electrons. The van der Waals surface area contributed by atoms with Crippen LogP contribution in [-0.4, -0.2) is 20.5 Å². The molecule has 3 heterocycles. The fraction of sp³-hybridized carbons (Fsp3) is 0.0625. The average Bonchev–Trinajstić information content (AvgIpc) is 3.17. The fourth-order valence-corrected chi connectivity index (χ4v) is 3.36. The van der Waals surface area contributed by atoms with Gasteiger partial charge in [-0.3, -0.25) is 9.20 Å². The van der Waals surface area contributed by atoms with Crippen LogP contribution in [0, 0.1) is 0 Å². The normalized spacial score (nSPS) is 11.1. The molecule has 5 nitrogen and oxygen atoms in total. The van der Waals surface area contributed by atoms with Crippen LogP contribution >= 0.6 is 11.3 Å². The number of benzene rings is 1. The number of pyridine rings is 1. The van der Waals surface area contributed by atoms with Gasteiger partial charge < -0.3 is 5.32 Å². The average molecular weight is 308 g/mol. The Morgan fingerprint density at radius 2 is 2.00 bits per heavy atom. The van der Waals surface area contributed by atoms with Crippen LogP contribution < -0.4 is 5.32 Å². The molecule has 3 aromatic heterocycles. The van der Waals surface area contributed by atoms with Crippen molar-refractivity contribution in [3.63, 3.8) is 0 Å². The van der Waals surface area contributed by atoms with Gasteiger partial charge in [-0.2, -0.15) is 0 Å². The zero-order valence-electron chi connectivity index (χ0n) is 11.6. The zero-order chi connectivity index (χ0) is 14.9. The molecule has 0 aliphatic carbocycles. The number of nitrogens with zero attached hydrogens (tertiary/aromatic N) is 3. The molecule has 0 bridgehead atoms. The molecule has 4 aromatic rings. The molecule has 22 heavy (non-hydrogen) atoms. The first-order valence-electron chi connectivity index (χ1n) is 6.86. The van der Waals surface area contributed by atoms with Gasteiger partial charge in [-0.25, -0.2) is 0 Å². The minimum atomic E-state index is -0.0925. The summed E-state index contributed by atoms with van der Waals surface area (Å²) in [6.07, 6.45) is 1.89. The van der Waals surface area contributed by atoms with Crippen LogP contribution in [0.15, 0.2) is 54.0 Å². The number of amides is 1. The van der Waals surface area contributed by atoms with Crippen LogP contribution in [0.4, 0.5) is 0 Å². The van der Waals surface area contributed by atoms with Crippen molar-refractivity contribution in [3.05, 3.63) is 65.4 Å². The maximum absolute atomic E-state index is 12.4. The number of fused-ring (bicyclic) bond motifs is 2. The van der Waals surface area contributed by atoms with Crippen molar-refractivity contribution in [2.45, 2.75) is 6.54 Å². The van der Waals surface area contributed by atoms with Crippen LogP contribution in [0.25, 0.3) is 15.7 Å². The van der Waals surface area contributed by atoms with Crippen LogP contribution in [0.5, 0.6) is 0 Å². The van der Waals surface area contributed by atoms with Crippen molar-refractivity contribution in [3.8, 4) is 0 Å². The van der Waals surface area contributed by atoms with Crippen molar-refractivity contribution < 1.29 is 4.79 Å². The first kappa shape index (κ1) is 13.0. The predicted octanol–water partition coefficient (Wildman–Crippen LogP) is 2.87. The van der Waals surface area contributed by atoms with E-state index in [1.807, 2.05) is 58.4 Å². The molecule has 1 aromatic carbocycles. The lowest BCUT2D eigenvalue weighted by Crippen LogP contribution is -2.23. The maximum Gasteiger partial charge on any atom is 0.253 e. The Bertz CT molecular complexity index is 972. The van der Waals surface area contributed by atoms with Crippen molar-refractivity contribution in [2.24, 2.45) is 0 Å². The summed E-state index contributed by atoms with van der Waals surface area (Å²) < 4.78 is 2.98. The molecule has 0 aliphatic heterocycles. The maximum atomic E-state index is 12.4. The van der Waals surface area contributed by atoms with Gasteiger partial charge in [0, 0.05) is 21.7 Å². The predicted molar refractivity (Wildman–Crippen MR) is 86.0 cm³/mol. The van der Waals surface area contributed by atoms with E-state index in [2.05, 4.69) is 15.5 Å². The smallest absolute Gasteiger partial charge is 0.253 e. The third-order valence-corrected chi connectivity index (χ3v) is 4.48. The van der Waals surface area contributed by atoms with Crippen molar-refractivity contribution in [2.75, 3.05) is 0 Å². The number of aromatic nitrogens is 3. The van der Waals surface area contributed by atoms with Gasteiger partial charge in [-0.15, -0.1) is 21.5 Å². The molecule has 0 atom stereocenters. The number of hydrogen-bond acceptors (Lipinski definition) is 4. The Morgan fingerprint density at radius 3 is 2.95 bits per heavy atom. The topological polar surface area (TPSA) is 59.3 Å². The molecule has 0 spiro atoms. The van der Waals surface area contributed by atoms with Crippen molar-refractivity contribution >= 4 is 33.0 Å². The molecular formula is C16H12N4OS. The highest BCUT2D eigenvalue weighted by molar-refractivity contribution is 7.17. The van der Waals surface area contributed by atoms with E-state index < -0.39 is 0 Å². The summed E-state index contributed by atoms with van der Waals surface area (Å²) in [4.78, 5) is 12.4. The summed E-state index contributed by atoms with van der Waals surface area (Å²) in [5.74, 6) is 0.619. The highest BCUT2D eigenvalue weighted by atomic mass is 32.1. The minimum Gasteiger partial charge on any atom is -0.345 e. The Kier molecular flexibility index (Phi) is 3.08. The molecule has 0 saturated carbocycles. The van der Waals surface area contributed by atoms with Gasteiger partial charge in [0.25, 0.3) is 5.91 Å². The molecule has 1 amide bonds. The Morgan fingerprint density at radius 1 is 1.14 bits per heavy atom. The molecule has 108 valence electrons. The third kappa shape index (κ3) is 2.14. The standard InChI is InChI=1S/C16H12N4OS/c21-16(12-10-22-13-6-2-1-5-11(12)13)17-9-15-19-18-14-7-3-4-8-20(14)15/h1-8,10H,9H2,(H,17,21). The molecule has 1 N–H and O–H groups in total. The molecule has 0 aliphatic rings. The molecule has 0 saturated heterocycles. The van der Waals surface area contributed by atoms with E-state index in [0.29, 0.717) is 17.9 Å². The Balaban J connectivity index is 1.57. The summed E-state index contributed by atoms with van der Waals surface area (Å²) in [7, 11) is 0. The molecule has 4 rings (SSSR count). The number of carbonyl (C=O) groups excluding carboxylic acids is 1. The van der Waals surface area contributed by atoms with E-state index in [1.54, 1.807) is 11.3 Å². The van der Waals surface area contributed by atoms with Crippen molar-refractivity contribution in [1.29, 1.82) is 0 Å². The summed E-state index contributed by atoms with van der Waals surface area (Å²) in [6.45, 7) is 0.341. The van der Waals surface area contributed by atoms with Crippen molar-refractivity contribution in [1.82, 2.24) is 19.9 Å². The number of rotatable bonds is 3. The minimum absolute atomic E-state index is 0.0925. The van der Waals surface area contributed by atoms with E-state index in [9.17, 15) is 4.79 Å². The van der Waals surface area contributed by atoms with E-state index in [0.717, 1.165) is 15.7 Å². The monoisotopic (exact) mass is 308 g/mol. The summed E-state index contributed by atoms with van der Waals surface area (Å²) >= 11 is 1.57. The lowest BCUT2D eigenvalue weighted by molar-refractivity contribution is 0.0952. The van der Waals surface area contributed by atoms with Gasteiger partial charge in [0.05, 0.1) is 12.1 Å². The summed E-state index contributed by atoms with van der Waals surface area (Å²) in [5.41, 5.74) is 1.47. The second-order valence-electron chi connectivity index (χ2n) is 4.87. The van der Waals surface area contributed by atoms with Gasteiger partial charge in [0.1, 0.15) is 0 Å². The molecule has 0 unspecified atom stereocenters. The first-order valence-corrected chi connectivity index (χ1v) is 7.74. The summed E-state index contributed by atoms with van der Waals surface area (Å²) in [5, 5.41) is 14.0. The molecular weight excluding hydrogens is 296 g/mol. The Labute approximate surface area is 130 Å². The molecule has 6 heteroatoms. The van der Waals surface area contributed by atoms with E-state index in [4.69, 9.17) is 0 Å². The number of carbonyl (C=O) groups is 1. The summed E-state index contributed by atoms with van der Waals surface area (Å²) in [6, 6.07) is 13.6. The van der Waals surface area contributed by atoms with Crippen LogP contribution in [0.3, 0.4) is 0 Å². The van der Waals surface area contributed by atoms with Gasteiger partial charge in [-0.05, 0) is 18.2 Å². The van der Waals surface area contributed by atoms with Gasteiger partial charge in [0.15, 0.2) is 11.5 Å². The first-order chi connectivity index (χ1) is 10.8. The quantitative estimate of drug-likeness (QED) is 0.633. The fourth-order valence-electron chi connectivity index (χ4n) is 2.42. The van der Waals surface area contributed by atoms with Crippen LogP contribution in [-0.2, 0) is 6.54 Å². The zero-order valence-corrected chi connectivity index (χ0v) is 12.4. The number of nitrogens with one attached hydrogen (secondary N) is 1. The van der Waals surface area contributed by atoms with Gasteiger partial charge in [-0.1, -0.05) is 24.3 Å². The van der Waals surface area contributed by atoms with Crippen LogP contribution in [0.2, 0.25) is 0 Å². The highest BCUT2D eigenvalue weighted by Gasteiger charge is 2.13. The number of hydrogen-bond donors (Lipinski definition) is 1. The lowest BCUT2D eigenvalue weighted by Gasteiger charge is -2.03. The van der Waals surface area contributed by atoms with E-state index >= 15 is 0 Å². The second kappa shape index (κ2) is 5.23. The van der Waals surface area contributed by atoms with E-state index in [1.165, 1.54) is 0 Å². The largest absolute Gasteiger partial charge is 0.345 e. The molecule has 0 fully saturated rings. The van der Waals surface area contributed by atoms with Crippen LogP contribution in [0.1, 0.15) is 16.2 Å². The lowest BCUT2D eigenvalue weighted by atomic mass is 10.1. The highest BCUT2D eigenvalue weighted by Crippen LogP contribution is 2.25.